The van der Waals surface area contributed by atoms with Gasteiger partial charge in [-0.15, -0.1) is 24.8 Å². The average molecular weight is 432 g/mol. The molecular formula is C21H35Cl2N3O2. The van der Waals surface area contributed by atoms with Crippen molar-refractivity contribution in [3.63, 3.8) is 0 Å². The maximum atomic E-state index is 12.7. The molecule has 0 saturated heterocycles. The number of fused-ring (bicyclic) bond motifs is 2. The summed E-state index contributed by atoms with van der Waals surface area (Å²) < 4.78 is 5.89. The minimum atomic E-state index is 0. The van der Waals surface area contributed by atoms with Gasteiger partial charge in [0.1, 0.15) is 12.4 Å². The van der Waals surface area contributed by atoms with E-state index in [4.69, 9.17) is 10.5 Å². The second-order valence-electron chi connectivity index (χ2n) is 8.17. The van der Waals surface area contributed by atoms with Crippen molar-refractivity contribution in [2.24, 2.45) is 23.5 Å². The highest BCUT2D eigenvalue weighted by Crippen LogP contribution is 2.41. The number of para-hydroxylation sites is 1. The monoisotopic (exact) mass is 431 g/mol. The molecule has 2 aliphatic carbocycles. The standard InChI is InChI=1S/C21H33N3O2.2ClH/c1-24(2)10-11-26-19-9-4-3-6-17(19)14-23-21(25)18-12-15-7-5-8-16(13-18)20(15)22;;/h3-4,6,9,15-16,18,20H,5,7-8,10-14,22H2,1-2H3,(H,23,25);2*1H. The molecule has 0 aliphatic heterocycles. The summed E-state index contributed by atoms with van der Waals surface area (Å²) in [5, 5.41) is 3.14. The number of hydrogen-bond acceptors (Lipinski definition) is 4. The lowest BCUT2D eigenvalue weighted by Gasteiger charge is -2.43. The van der Waals surface area contributed by atoms with Gasteiger partial charge in [0.05, 0.1) is 0 Å². The van der Waals surface area contributed by atoms with Crippen molar-refractivity contribution >= 4 is 30.7 Å². The molecule has 3 rings (SSSR count). The van der Waals surface area contributed by atoms with E-state index < -0.39 is 0 Å². The Balaban J connectivity index is 0.00000196. The molecule has 3 N–H and O–H groups in total. The predicted octanol–water partition coefficient (Wildman–Crippen LogP) is 3.24. The summed E-state index contributed by atoms with van der Waals surface area (Å²) in [6.07, 6.45) is 5.54. The lowest BCUT2D eigenvalue weighted by Crippen LogP contribution is -2.49. The van der Waals surface area contributed by atoms with Gasteiger partial charge in [0, 0.05) is 30.6 Å². The Morgan fingerprint density at radius 3 is 2.46 bits per heavy atom. The van der Waals surface area contributed by atoms with Crippen molar-refractivity contribution in [2.75, 3.05) is 27.2 Å². The molecule has 2 atom stereocenters. The van der Waals surface area contributed by atoms with E-state index in [9.17, 15) is 4.79 Å². The smallest absolute Gasteiger partial charge is 0.223 e. The summed E-state index contributed by atoms with van der Waals surface area (Å²) in [7, 11) is 4.06. The van der Waals surface area contributed by atoms with Gasteiger partial charge in [-0.05, 0) is 57.7 Å². The van der Waals surface area contributed by atoms with Crippen molar-refractivity contribution in [1.29, 1.82) is 0 Å². The summed E-state index contributed by atoms with van der Waals surface area (Å²) in [6, 6.07) is 8.26. The lowest BCUT2D eigenvalue weighted by molar-refractivity contribution is -0.128. The fourth-order valence-corrected chi connectivity index (χ4v) is 4.46. The van der Waals surface area contributed by atoms with E-state index >= 15 is 0 Å². The number of carbonyl (C=O) groups excluding carboxylic acids is 1. The molecule has 160 valence electrons. The maximum Gasteiger partial charge on any atom is 0.223 e. The number of nitrogens with two attached hydrogens (primary N) is 1. The van der Waals surface area contributed by atoms with E-state index in [-0.39, 0.29) is 36.6 Å². The third-order valence-electron chi connectivity index (χ3n) is 6.01. The lowest BCUT2D eigenvalue weighted by atomic mass is 9.65. The quantitative estimate of drug-likeness (QED) is 0.694. The Bertz CT molecular complexity index is 601. The third-order valence-corrected chi connectivity index (χ3v) is 6.01. The molecule has 1 aromatic carbocycles. The molecule has 2 fully saturated rings. The fraction of sp³-hybridized carbons (Fsp3) is 0.667. The van der Waals surface area contributed by atoms with Crippen LogP contribution in [0.1, 0.15) is 37.7 Å². The largest absolute Gasteiger partial charge is 0.492 e. The zero-order chi connectivity index (χ0) is 18.5. The highest BCUT2D eigenvalue weighted by atomic mass is 35.5. The zero-order valence-corrected chi connectivity index (χ0v) is 18.6. The molecule has 2 unspecified atom stereocenters. The molecule has 28 heavy (non-hydrogen) atoms. The van der Waals surface area contributed by atoms with Crippen LogP contribution in [-0.2, 0) is 11.3 Å². The highest BCUT2D eigenvalue weighted by Gasteiger charge is 2.40. The van der Waals surface area contributed by atoms with Gasteiger partial charge in [-0.3, -0.25) is 4.79 Å². The van der Waals surface area contributed by atoms with Gasteiger partial charge in [0.2, 0.25) is 5.91 Å². The number of nitrogens with zero attached hydrogens (tertiary/aromatic N) is 1. The molecule has 2 aliphatic rings. The van der Waals surface area contributed by atoms with Gasteiger partial charge < -0.3 is 20.7 Å². The molecular weight excluding hydrogens is 397 g/mol. The molecule has 1 aromatic rings. The number of carbonyl (C=O) groups is 1. The molecule has 1 amide bonds. The topological polar surface area (TPSA) is 67.6 Å². The van der Waals surface area contributed by atoms with Crippen LogP contribution in [0.5, 0.6) is 5.75 Å². The van der Waals surface area contributed by atoms with E-state index in [2.05, 4.69) is 10.2 Å². The Morgan fingerprint density at radius 2 is 1.82 bits per heavy atom. The van der Waals surface area contributed by atoms with Crippen LogP contribution in [0.25, 0.3) is 0 Å². The summed E-state index contributed by atoms with van der Waals surface area (Å²) in [6.45, 7) is 2.03. The molecule has 0 spiro atoms. The first-order valence-electron chi connectivity index (χ1n) is 9.93. The van der Waals surface area contributed by atoms with Crippen molar-refractivity contribution in [3.8, 4) is 5.75 Å². The van der Waals surface area contributed by atoms with Crippen LogP contribution in [0.15, 0.2) is 24.3 Å². The van der Waals surface area contributed by atoms with E-state index in [0.717, 1.165) is 30.7 Å². The van der Waals surface area contributed by atoms with E-state index in [1.807, 2.05) is 38.4 Å². The van der Waals surface area contributed by atoms with Crippen molar-refractivity contribution in [3.05, 3.63) is 29.8 Å². The first kappa shape index (κ1) is 25.0. The molecule has 2 saturated carbocycles. The summed E-state index contributed by atoms with van der Waals surface area (Å²) in [4.78, 5) is 14.8. The number of benzene rings is 1. The van der Waals surface area contributed by atoms with Gasteiger partial charge in [-0.2, -0.15) is 0 Å². The molecule has 5 nitrogen and oxygen atoms in total. The molecule has 0 aromatic heterocycles. The number of hydrogen-bond donors (Lipinski definition) is 2. The average Bonchev–Trinajstić information content (AvgIpc) is 2.60. The van der Waals surface area contributed by atoms with Crippen LogP contribution >= 0.6 is 24.8 Å². The highest BCUT2D eigenvalue weighted by molar-refractivity contribution is 5.85. The normalized spacial score (nSPS) is 26.0. The Labute approximate surface area is 181 Å². The summed E-state index contributed by atoms with van der Waals surface area (Å²) >= 11 is 0. The summed E-state index contributed by atoms with van der Waals surface area (Å²) in [5.41, 5.74) is 7.38. The number of amides is 1. The summed E-state index contributed by atoms with van der Waals surface area (Å²) in [5.74, 6) is 2.21. The Kier molecular flexibility index (Phi) is 10.6. The van der Waals surface area contributed by atoms with Crippen LogP contribution in [0, 0.1) is 17.8 Å². The minimum absolute atomic E-state index is 0. The third kappa shape index (κ3) is 6.51. The van der Waals surface area contributed by atoms with E-state index in [1.165, 1.54) is 19.3 Å². The Morgan fingerprint density at radius 1 is 1.18 bits per heavy atom. The number of ether oxygens (including phenoxy) is 1. The second-order valence-corrected chi connectivity index (χ2v) is 8.17. The number of likely N-dealkylation sites (N-methyl/N-ethyl adjacent to an activating group) is 1. The van der Waals surface area contributed by atoms with E-state index in [1.54, 1.807) is 0 Å². The first-order valence-corrected chi connectivity index (χ1v) is 9.93. The maximum absolute atomic E-state index is 12.7. The second kappa shape index (κ2) is 11.9. The molecule has 7 heteroatoms. The molecule has 2 bridgehead atoms. The van der Waals surface area contributed by atoms with Crippen LogP contribution in [-0.4, -0.2) is 44.1 Å². The molecule has 0 radical (unpaired) electrons. The SMILES string of the molecule is CN(C)CCOc1ccccc1CNC(=O)C1CC2CCCC(C1)C2N.Cl.Cl. The van der Waals surface area contributed by atoms with E-state index in [0.29, 0.717) is 31.0 Å². The Hall–Kier alpha value is -1.01. The van der Waals surface area contributed by atoms with Crippen molar-refractivity contribution < 1.29 is 9.53 Å². The van der Waals surface area contributed by atoms with Crippen LogP contribution in [0.3, 0.4) is 0 Å². The minimum Gasteiger partial charge on any atom is -0.492 e. The van der Waals surface area contributed by atoms with Gasteiger partial charge in [0.25, 0.3) is 0 Å². The molecule has 0 heterocycles. The van der Waals surface area contributed by atoms with Gasteiger partial charge in [0.15, 0.2) is 0 Å². The van der Waals surface area contributed by atoms with Gasteiger partial charge >= 0.3 is 0 Å². The van der Waals surface area contributed by atoms with Crippen LogP contribution in [0.2, 0.25) is 0 Å². The first-order chi connectivity index (χ1) is 12.5. The van der Waals surface area contributed by atoms with Gasteiger partial charge in [-0.25, -0.2) is 0 Å². The zero-order valence-electron chi connectivity index (χ0n) is 16.9. The predicted molar refractivity (Wildman–Crippen MR) is 118 cm³/mol. The number of rotatable bonds is 7. The van der Waals surface area contributed by atoms with Crippen molar-refractivity contribution in [1.82, 2.24) is 10.2 Å². The van der Waals surface area contributed by atoms with Crippen LogP contribution in [0.4, 0.5) is 0 Å². The van der Waals surface area contributed by atoms with Gasteiger partial charge in [-0.1, -0.05) is 24.6 Å². The number of halogens is 2. The fourth-order valence-electron chi connectivity index (χ4n) is 4.46. The van der Waals surface area contributed by atoms with Crippen LogP contribution < -0.4 is 15.8 Å². The van der Waals surface area contributed by atoms with Crippen molar-refractivity contribution in [2.45, 2.75) is 44.7 Å². The number of nitrogens with one attached hydrogen (secondary N) is 1.